The van der Waals surface area contributed by atoms with Crippen LogP contribution in [0.1, 0.15) is 62.1 Å². The van der Waals surface area contributed by atoms with Gasteiger partial charge in [0.05, 0.1) is 12.1 Å². The maximum Gasteiger partial charge on any atom is 0.241 e. The highest BCUT2D eigenvalue weighted by Crippen LogP contribution is 2.29. The van der Waals surface area contributed by atoms with Gasteiger partial charge in [-0.3, -0.25) is 24.5 Å². The van der Waals surface area contributed by atoms with Gasteiger partial charge in [0.15, 0.2) is 17.3 Å². The molecule has 6 heteroatoms. The largest absolute Gasteiger partial charge is 0.325 e. The molecule has 1 aliphatic heterocycles. The predicted octanol–water partition coefficient (Wildman–Crippen LogP) is 4.17. The molecule has 1 amide bonds. The summed E-state index contributed by atoms with van der Waals surface area (Å²) in [4.78, 5) is 49.7. The number of hydrogen-bond donors (Lipinski definition) is 2. The first-order chi connectivity index (χ1) is 15.8. The van der Waals surface area contributed by atoms with Crippen molar-refractivity contribution >= 4 is 28.9 Å². The summed E-state index contributed by atoms with van der Waals surface area (Å²) in [5, 5.41) is 6.06. The molecule has 0 saturated carbocycles. The fourth-order valence-corrected chi connectivity index (χ4v) is 4.04. The quantitative estimate of drug-likeness (QED) is 0.562. The third-order valence-corrected chi connectivity index (χ3v) is 5.85. The van der Waals surface area contributed by atoms with Crippen LogP contribution >= 0.6 is 0 Å². The monoisotopic (exact) mass is 440 g/mol. The Hall–Kier alpha value is -3.90. The van der Waals surface area contributed by atoms with E-state index in [1.165, 1.54) is 13.8 Å². The van der Waals surface area contributed by atoms with Gasteiger partial charge in [0.1, 0.15) is 0 Å². The minimum atomic E-state index is -0.697. The van der Waals surface area contributed by atoms with E-state index in [0.717, 1.165) is 11.1 Å². The van der Waals surface area contributed by atoms with Gasteiger partial charge in [-0.1, -0.05) is 60.7 Å². The summed E-state index contributed by atoms with van der Waals surface area (Å²) in [5.41, 5.74) is 3.79. The van der Waals surface area contributed by atoms with E-state index in [-0.39, 0.29) is 23.3 Å². The van der Waals surface area contributed by atoms with Gasteiger partial charge in [0.2, 0.25) is 5.91 Å². The Kier molecular flexibility index (Phi) is 6.29. The first kappa shape index (κ1) is 22.3. The first-order valence-electron chi connectivity index (χ1n) is 10.7. The van der Waals surface area contributed by atoms with Gasteiger partial charge in [-0.15, -0.1) is 0 Å². The Bertz CT molecular complexity index is 1250. The van der Waals surface area contributed by atoms with Crippen LogP contribution in [0.25, 0.3) is 0 Å². The smallest absolute Gasteiger partial charge is 0.241 e. The van der Waals surface area contributed by atoms with Gasteiger partial charge in [-0.2, -0.15) is 0 Å². The first-order valence-corrected chi connectivity index (χ1v) is 10.7. The van der Waals surface area contributed by atoms with Gasteiger partial charge in [-0.05, 0) is 43.5 Å². The van der Waals surface area contributed by atoms with Crippen LogP contribution in [0.3, 0.4) is 0 Å². The van der Waals surface area contributed by atoms with Crippen LogP contribution in [0.2, 0.25) is 0 Å². The average Bonchev–Trinajstić information content (AvgIpc) is 2.83. The number of carbonyl (C=O) groups is 4. The van der Waals surface area contributed by atoms with Gasteiger partial charge in [0, 0.05) is 22.4 Å². The predicted molar refractivity (Wildman–Crippen MR) is 126 cm³/mol. The van der Waals surface area contributed by atoms with Crippen molar-refractivity contribution in [2.45, 2.75) is 32.4 Å². The van der Waals surface area contributed by atoms with E-state index < -0.39 is 12.1 Å². The molecule has 0 aromatic heterocycles. The van der Waals surface area contributed by atoms with Crippen LogP contribution in [0.5, 0.6) is 0 Å². The number of amides is 1. The lowest BCUT2D eigenvalue weighted by Gasteiger charge is -2.32. The molecule has 1 unspecified atom stereocenters. The van der Waals surface area contributed by atoms with Crippen LogP contribution in [0, 0.1) is 0 Å². The highest BCUT2D eigenvalue weighted by atomic mass is 16.2. The maximum atomic E-state index is 13.4. The lowest BCUT2D eigenvalue weighted by atomic mass is 9.86. The summed E-state index contributed by atoms with van der Waals surface area (Å²) < 4.78 is 0. The molecule has 6 nitrogen and oxygen atoms in total. The fourth-order valence-electron chi connectivity index (χ4n) is 4.04. The number of Topliss-reactive ketones (excluding diaryl/α,β-unsaturated/α-hetero) is 3. The number of carbonyl (C=O) groups excluding carboxylic acids is 4. The van der Waals surface area contributed by atoms with Crippen molar-refractivity contribution in [3.05, 3.63) is 101 Å². The topological polar surface area (TPSA) is 92.3 Å². The zero-order chi connectivity index (χ0) is 23.5. The number of fused-ring (bicyclic) bond motifs is 1. The molecule has 3 aromatic rings. The Morgan fingerprint density at radius 3 is 2.15 bits per heavy atom. The second kappa shape index (κ2) is 9.30. The number of benzene rings is 3. The van der Waals surface area contributed by atoms with Gasteiger partial charge in [0.25, 0.3) is 0 Å². The number of rotatable bonds is 6. The van der Waals surface area contributed by atoms with Crippen LogP contribution < -0.4 is 10.6 Å². The molecular weight excluding hydrogens is 416 g/mol. The summed E-state index contributed by atoms with van der Waals surface area (Å²) in [6, 6.07) is 19.6. The minimum absolute atomic E-state index is 0.0688. The van der Waals surface area contributed by atoms with Crippen molar-refractivity contribution in [2.24, 2.45) is 0 Å². The molecule has 0 radical (unpaired) electrons. The van der Waals surface area contributed by atoms with E-state index in [9.17, 15) is 19.2 Å². The molecule has 33 heavy (non-hydrogen) atoms. The Balaban J connectivity index is 1.59. The molecule has 0 saturated heterocycles. The van der Waals surface area contributed by atoms with E-state index in [1.807, 2.05) is 24.3 Å². The van der Waals surface area contributed by atoms with Crippen molar-refractivity contribution < 1.29 is 19.2 Å². The van der Waals surface area contributed by atoms with E-state index in [2.05, 4.69) is 10.6 Å². The standard InChI is InChI=1S/C27H24N2O4/c1-16(30)18-10-12-19(13-11-18)26(32)25-23-9-4-3-6-21(23)15-24(29-25)27(33)28-22-8-5-7-20(14-22)17(2)31/h3-14,24-25,29H,15H2,1-2H3,(H,28,33)/t24-,25?/m0/s1. The molecule has 0 fully saturated rings. The van der Waals surface area contributed by atoms with Crippen molar-refractivity contribution in [3.63, 3.8) is 0 Å². The number of anilines is 1. The number of ketones is 3. The van der Waals surface area contributed by atoms with Crippen molar-refractivity contribution in [3.8, 4) is 0 Å². The summed E-state index contributed by atoms with van der Waals surface area (Å²) in [5.74, 6) is -0.610. The molecule has 0 spiro atoms. The molecule has 1 heterocycles. The molecule has 2 atom stereocenters. The van der Waals surface area contributed by atoms with Gasteiger partial charge in [-0.25, -0.2) is 0 Å². The summed E-state index contributed by atoms with van der Waals surface area (Å²) in [7, 11) is 0. The van der Waals surface area contributed by atoms with E-state index in [0.29, 0.717) is 28.8 Å². The van der Waals surface area contributed by atoms with Crippen LogP contribution in [0.4, 0.5) is 5.69 Å². The zero-order valence-electron chi connectivity index (χ0n) is 18.4. The van der Waals surface area contributed by atoms with Crippen molar-refractivity contribution in [1.29, 1.82) is 0 Å². The third-order valence-electron chi connectivity index (χ3n) is 5.85. The van der Waals surface area contributed by atoms with Gasteiger partial charge >= 0.3 is 0 Å². The highest BCUT2D eigenvalue weighted by molar-refractivity contribution is 6.04. The Labute approximate surface area is 192 Å². The summed E-state index contributed by atoms with van der Waals surface area (Å²) >= 11 is 0. The van der Waals surface area contributed by atoms with Gasteiger partial charge < -0.3 is 5.32 Å². The summed E-state index contributed by atoms with van der Waals surface area (Å²) in [6.45, 7) is 2.95. The SMILES string of the molecule is CC(=O)c1ccc(C(=O)C2N[C@H](C(=O)Nc3cccc(C(C)=O)c3)Cc3ccccc32)cc1. The van der Waals surface area contributed by atoms with Crippen LogP contribution in [-0.4, -0.2) is 29.3 Å². The average molecular weight is 440 g/mol. The molecule has 1 aliphatic rings. The number of hydrogen-bond acceptors (Lipinski definition) is 5. The molecule has 4 rings (SSSR count). The second-order valence-electron chi connectivity index (χ2n) is 8.18. The lowest BCUT2D eigenvalue weighted by Crippen LogP contribution is -2.49. The lowest BCUT2D eigenvalue weighted by molar-refractivity contribution is -0.118. The normalized spacial score (nSPS) is 17.0. The minimum Gasteiger partial charge on any atom is -0.325 e. The third kappa shape index (κ3) is 4.81. The van der Waals surface area contributed by atoms with Crippen LogP contribution in [-0.2, 0) is 11.2 Å². The van der Waals surface area contributed by atoms with E-state index in [1.54, 1.807) is 48.5 Å². The number of nitrogens with one attached hydrogen (secondary N) is 2. The van der Waals surface area contributed by atoms with Crippen molar-refractivity contribution in [1.82, 2.24) is 5.32 Å². The van der Waals surface area contributed by atoms with E-state index >= 15 is 0 Å². The zero-order valence-corrected chi connectivity index (χ0v) is 18.4. The van der Waals surface area contributed by atoms with Crippen molar-refractivity contribution in [2.75, 3.05) is 5.32 Å². The van der Waals surface area contributed by atoms with Crippen LogP contribution in [0.15, 0.2) is 72.8 Å². The Morgan fingerprint density at radius 2 is 1.45 bits per heavy atom. The molecule has 2 N–H and O–H groups in total. The maximum absolute atomic E-state index is 13.4. The molecule has 166 valence electrons. The molecule has 0 bridgehead atoms. The summed E-state index contributed by atoms with van der Waals surface area (Å²) in [6.07, 6.45) is 0.432. The fraction of sp³-hybridized carbons (Fsp3) is 0.185. The highest BCUT2D eigenvalue weighted by Gasteiger charge is 2.34. The molecular formula is C27H24N2O4. The molecule has 3 aromatic carbocycles. The second-order valence-corrected chi connectivity index (χ2v) is 8.18. The van der Waals surface area contributed by atoms with E-state index in [4.69, 9.17) is 0 Å². The molecule has 0 aliphatic carbocycles. The Morgan fingerprint density at radius 1 is 0.788 bits per heavy atom.